The first kappa shape index (κ1) is 68.8. The second kappa shape index (κ2) is 32.1. The third-order valence-electron chi connectivity index (χ3n) is 19.0. The zero-order valence-corrected chi connectivity index (χ0v) is 54.2. The van der Waals surface area contributed by atoms with Gasteiger partial charge in [-0.15, -0.1) is 74.4 Å². The Morgan fingerprint density at radius 3 is 1.37 bits per heavy atom. The van der Waals surface area contributed by atoms with Gasteiger partial charge in [-0.2, -0.15) is 19.9 Å². The van der Waals surface area contributed by atoms with Crippen LogP contribution in [-0.2, 0) is 12.8 Å². The summed E-state index contributed by atoms with van der Waals surface area (Å²) < 4.78 is 4.60. The van der Waals surface area contributed by atoms with Gasteiger partial charge in [-0.05, 0) is 160 Å². The number of piperidine rings is 2. The highest BCUT2D eigenvalue weighted by Crippen LogP contribution is 2.37. The molecule has 0 bridgehead atoms. The van der Waals surface area contributed by atoms with Gasteiger partial charge in [-0.25, -0.2) is 20.0 Å². The first-order valence-corrected chi connectivity index (χ1v) is 30.9. The Hall–Kier alpha value is -4.72. The van der Waals surface area contributed by atoms with Crippen molar-refractivity contribution in [2.45, 2.75) is 178 Å². The largest absolute Gasteiger partial charge is 0.351 e. The molecule has 8 aromatic rings. The van der Waals surface area contributed by atoms with Gasteiger partial charge in [0.15, 0.2) is 34.0 Å². The van der Waals surface area contributed by atoms with Crippen molar-refractivity contribution < 1.29 is 0 Å². The molecule has 4 aliphatic carbocycles. The average Bonchev–Trinajstić information content (AvgIpc) is 2.06. The molecule has 6 heterocycles. The van der Waals surface area contributed by atoms with E-state index in [-0.39, 0.29) is 74.4 Å². The summed E-state index contributed by atoms with van der Waals surface area (Å²) >= 11 is 0. The molecule has 0 spiro atoms. The van der Waals surface area contributed by atoms with Crippen LogP contribution in [0.25, 0.3) is 43.9 Å². The summed E-state index contributed by atoms with van der Waals surface area (Å²) in [5.74, 6) is 4.45. The van der Waals surface area contributed by atoms with Crippen LogP contribution in [0.2, 0.25) is 0 Å². The fourth-order valence-electron chi connectivity index (χ4n) is 14.2. The van der Waals surface area contributed by atoms with Crippen LogP contribution in [0.15, 0.2) is 97.6 Å². The van der Waals surface area contributed by atoms with Gasteiger partial charge >= 0.3 is 0 Å². The fourth-order valence-corrected chi connectivity index (χ4v) is 14.2. The molecular weight excluding hydrogens is 1210 g/mol. The minimum absolute atomic E-state index is 0. The number of nitrogens with two attached hydrogens (primary N) is 2. The SMILES string of the molecule is Cl.Cl.Cl.Cl.Cl.Cl.NC1CCC(Nc2nc(NN3CCC(Cc4ccc5ccccc5c4)CC3)c3ncn(C4CCCC4)c3n2)CC1.NC1CCC(Nc2nc(NN3CCC(Cc4cccc5ccccc45)CC3)c3ncn(C4CCCC4)c3n2)CC1. The molecule has 0 atom stereocenters. The molecule has 4 aromatic carbocycles. The van der Waals surface area contributed by atoms with Crippen molar-refractivity contribution in [2.75, 3.05) is 47.7 Å². The van der Waals surface area contributed by atoms with E-state index in [9.17, 15) is 0 Å². The summed E-state index contributed by atoms with van der Waals surface area (Å²) in [5.41, 5.74) is 26.2. The van der Waals surface area contributed by atoms with Gasteiger partial charge in [-0.1, -0.05) is 111 Å². The molecule has 16 nitrogen and oxygen atoms in total. The normalized spacial score (nSPS) is 21.6. The molecule has 2 saturated heterocycles. The fraction of sp³-hybridized carbons (Fsp3) is 0.531. The lowest BCUT2D eigenvalue weighted by Gasteiger charge is -2.33. The van der Waals surface area contributed by atoms with Crippen molar-refractivity contribution >= 4 is 142 Å². The molecule has 468 valence electrons. The van der Waals surface area contributed by atoms with Crippen LogP contribution >= 0.6 is 74.4 Å². The molecule has 14 rings (SSSR count). The quantitative estimate of drug-likeness (QED) is 0.0602. The molecule has 8 N–H and O–H groups in total. The van der Waals surface area contributed by atoms with E-state index in [1.165, 1.54) is 84.0 Å². The molecule has 22 heteroatoms. The summed E-state index contributed by atoms with van der Waals surface area (Å²) in [4.78, 5) is 29.7. The maximum absolute atomic E-state index is 6.16. The number of fused-ring (bicyclic) bond motifs is 4. The summed E-state index contributed by atoms with van der Waals surface area (Å²) in [5, 5.41) is 17.3. The highest BCUT2D eigenvalue weighted by Gasteiger charge is 2.29. The van der Waals surface area contributed by atoms with Crippen LogP contribution in [0.4, 0.5) is 23.5 Å². The van der Waals surface area contributed by atoms with E-state index < -0.39 is 0 Å². The standard InChI is InChI=1S/2C32H42N8.6ClH/c33-25-12-14-26(15-13-25)35-32-36-30(29-31(37-32)40(21-34-29)27-9-2-3-10-27)38-39-18-16-22(17-19-39)20-24-8-5-7-23-6-1-4-11-28(23)24;33-26-11-13-27(14-12-26)35-32-36-30(29-31(37-32)40(21-34-29)28-7-3-4-8-28)38-39-17-15-22(16-18-39)19-23-9-10-24-5-1-2-6-25(24)20-23;;;;;;/h1,4-8,11,21-22,25-27H,2-3,9-10,12-20,33H2,(H2,35,36,37,38);1-2,5-6,9-10,20-22,26-28H,3-4,7-8,11-19,33H2,(H2,35,36,37,38);6*1H. The molecule has 0 amide bonds. The molecule has 6 aliphatic rings. The summed E-state index contributed by atoms with van der Waals surface area (Å²) in [7, 11) is 0. The molecular formula is C64H90Cl6N16. The second-order valence-corrected chi connectivity index (χ2v) is 24.6. The Kier molecular flexibility index (Phi) is 25.7. The van der Waals surface area contributed by atoms with E-state index in [1.54, 1.807) is 0 Å². The number of aromatic nitrogens is 8. The lowest BCUT2D eigenvalue weighted by atomic mass is 9.88. The first-order valence-electron chi connectivity index (χ1n) is 30.9. The number of halogens is 6. The Bertz CT molecular complexity index is 3350. The van der Waals surface area contributed by atoms with Crippen molar-refractivity contribution in [1.82, 2.24) is 49.1 Å². The zero-order valence-electron chi connectivity index (χ0n) is 49.3. The summed E-state index contributed by atoms with van der Waals surface area (Å²) in [6.45, 7) is 3.98. The number of hydrazine groups is 2. The minimum Gasteiger partial charge on any atom is -0.351 e. The third-order valence-corrected chi connectivity index (χ3v) is 19.0. The van der Waals surface area contributed by atoms with Crippen molar-refractivity contribution in [3.05, 3.63) is 109 Å². The number of benzene rings is 4. The number of nitrogens with zero attached hydrogens (tertiary/aromatic N) is 10. The van der Waals surface area contributed by atoms with Crippen molar-refractivity contribution in [2.24, 2.45) is 23.3 Å². The van der Waals surface area contributed by atoms with Crippen LogP contribution in [0.5, 0.6) is 0 Å². The number of hydrogen-bond donors (Lipinski definition) is 6. The van der Waals surface area contributed by atoms with Gasteiger partial charge in [0.1, 0.15) is 0 Å². The van der Waals surface area contributed by atoms with E-state index in [1.807, 2.05) is 12.7 Å². The van der Waals surface area contributed by atoms with Gasteiger partial charge in [0, 0.05) is 62.4 Å². The lowest BCUT2D eigenvalue weighted by Crippen LogP contribution is -2.39. The average molecular weight is 1300 g/mol. The van der Waals surface area contributed by atoms with E-state index in [4.69, 9.17) is 41.4 Å². The predicted molar refractivity (Wildman–Crippen MR) is 368 cm³/mol. The van der Waals surface area contributed by atoms with Crippen LogP contribution in [0.1, 0.15) is 152 Å². The Labute approximate surface area is 544 Å². The molecule has 4 aromatic heterocycles. The van der Waals surface area contributed by atoms with Crippen molar-refractivity contribution in [1.29, 1.82) is 0 Å². The molecule has 86 heavy (non-hydrogen) atoms. The molecule has 4 saturated carbocycles. The van der Waals surface area contributed by atoms with Gasteiger partial charge < -0.3 is 42.1 Å². The minimum atomic E-state index is 0. The lowest BCUT2D eigenvalue weighted by molar-refractivity contribution is 0.216. The molecule has 0 radical (unpaired) electrons. The molecule has 6 fully saturated rings. The van der Waals surface area contributed by atoms with Crippen LogP contribution in [-0.4, -0.2) is 99.4 Å². The number of nitrogens with one attached hydrogen (secondary N) is 4. The molecule has 2 aliphatic heterocycles. The third kappa shape index (κ3) is 16.4. The van der Waals surface area contributed by atoms with Crippen LogP contribution in [0.3, 0.4) is 0 Å². The van der Waals surface area contributed by atoms with Gasteiger partial charge in [0.05, 0.1) is 12.7 Å². The smallest absolute Gasteiger partial charge is 0.227 e. The molecule has 0 unspecified atom stereocenters. The van der Waals surface area contributed by atoms with Crippen molar-refractivity contribution in [3.63, 3.8) is 0 Å². The monoisotopic (exact) mass is 1290 g/mol. The highest BCUT2D eigenvalue weighted by atomic mass is 35.5. The van der Waals surface area contributed by atoms with E-state index in [2.05, 4.69) is 126 Å². The maximum Gasteiger partial charge on any atom is 0.227 e. The Morgan fingerprint density at radius 2 is 0.872 bits per heavy atom. The van der Waals surface area contributed by atoms with E-state index in [0.29, 0.717) is 60.0 Å². The van der Waals surface area contributed by atoms with E-state index in [0.717, 1.165) is 150 Å². The first-order chi connectivity index (χ1) is 39.4. The maximum atomic E-state index is 6.16. The summed E-state index contributed by atoms with van der Waals surface area (Å²) in [6.07, 6.45) is 29.3. The van der Waals surface area contributed by atoms with E-state index >= 15 is 0 Å². The number of anilines is 4. The Balaban J connectivity index is 0.000000230. The number of hydrogen-bond acceptors (Lipinski definition) is 14. The van der Waals surface area contributed by atoms with Gasteiger partial charge in [0.25, 0.3) is 0 Å². The second-order valence-electron chi connectivity index (χ2n) is 24.6. The van der Waals surface area contributed by atoms with Crippen molar-refractivity contribution in [3.8, 4) is 0 Å². The van der Waals surface area contributed by atoms with Gasteiger partial charge in [0.2, 0.25) is 11.9 Å². The topological polar surface area (TPSA) is 194 Å². The van der Waals surface area contributed by atoms with Gasteiger partial charge in [-0.3, -0.25) is 0 Å². The highest BCUT2D eigenvalue weighted by molar-refractivity contribution is 5.88. The van der Waals surface area contributed by atoms with Crippen LogP contribution < -0.4 is 33.0 Å². The summed E-state index contributed by atoms with van der Waals surface area (Å²) in [6, 6.07) is 33.4. The van der Waals surface area contributed by atoms with Crippen LogP contribution in [0, 0.1) is 11.8 Å². The predicted octanol–water partition coefficient (Wildman–Crippen LogP) is 14.6. The zero-order chi connectivity index (χ0) is 53.8. The Morgan fingerprint density at radius 1 is 0.430 bits per heavy atom. The number of imidazole rings is 2. The number of rotatable bonds is 14.